The minimum Gasteiger partial charge on any atom is -0.481 e. The van der Waals surface area contributed by atoms with Gasteiger partial charge in [-0.2, -0.15) is 4.98 Å². The van der Waals surface area contributed by atoms with Crippen LogP contribution in [0.25, 0.3) is 11.5 Å². The molecule has 0 aliphatic carbocycles. The van der Waals surface area contributed by atoms with Gasteiger partial charge in [-0.25, -0.2) is 9.97 Å². The van der Waals surface area contributed by atoms with E-state index in [0.717, 1.165) is 0 Å². The summed E-state index contributed by atoms with van der Waals surface area (Å²) in [6, 6.07) is 1.59. The van der Waals surface area contributed by atoms with Gasteiger partial charge in [0, 0.05) is 12.5 Å². The van der Waals surface area contributed by atoms with Gasteiger partial charge in [-0.1, -0.05) is 19.0 Å². The first-order valence-electron chi connectivity index (χ1n) is 6.30. The Morgan fingerprint density at radius 1 is 1.43 bits per heavy atom. The van der Waals surface area contributed by atoms with E-state index in [-0.39, 0.29) is 6.42 Å². The van der Waals surface area contributed by atoms with E-state index in [2.05, 4.69) is 20.1 Å². The Labute approximate surface area is 121 Å². The molecule has 2 rings (SSSR count). The maximum atomic E-state index is 10.8. The first-order chi connectivity index (χ1) is 9.89. The van der Waals surface area contributed by atoms with Gasteiger partial charge in [0.2, 0.25) is 17.6 Å². The van der Waals surface area contributed by atoms with Gasteiger partial charge in [0.05, 0.1) is 13.5 Å². The molecule has 0 spiro atoms. The topological polar surface area (TPSA) is 111 Å². The molecule has 8 heteroatoms. The van der Waals surface area contributed by atoms with E-state index in [4.69, 9.17) is 14.4 Å². The molecule has 0 saturated carbocycles. The molecule has 2 aromatic heterocycles. The van der Waals surface area contributed by atoms with Crippen molar-refractivity contribution in [2.24, 2.45) is 5.41 Å². The zero-order chi connectivity index (χ0) is 15.5. The van der Waals surface area contributed by atoms with Crippen molar-refractivity contribution in [1.29, 1.82) is 0 Å². The Morgan fingerprint density at radius 2 is 2.19 bits per heavy atom. The Kier molecular flexibility index (Phi) is 4.15. The molecular formula is C13H16N4O4. The molecule has 0 aliphatic heterocycles. The van der Waals surface area contributed by atoms with E-state index in [9.17, 15) is 4.79 Å². The summed E-state index contributed by atoms with van der Waals surface area (Å²) in [5, 5.41) is 12.7. The van der Waals surface area contributed by atoms with E-state index in [1.54, 1.807) is 6.07 Å². The molecule has 1 N–H and O–H groups in total. The van der Waals surface area contributed by atoms with Crippen molar-refractivity contribution in [2.45, 2.75) is 26.7 Å². The number of aliphatic carboxylic acids is 1. The number of carbonyl (C=O) groups is 1. The third-order valence-electron chi connectivity index (χ3n) is 2.81. The Morgan fingerprint density at radius 3 is 2.86 bits per heavy atom. The van der Waals surface area contributed by atoms with E-state index in [1.807, 2.05) is 13.8 Å². The van der Waals surface area contributed by atoms with Gasteiger partial charge >= 0.3 is 5.97 Å². The highest BCUT2D eigenvalue weighted by Gasteiger charge is 2.25. The van der Waals surface area contributed by atoms with Crippen LogP contribution in [-0.4, -0.2) is 38.3 Å². The average Bonchev–Trinajstić information content (AvgIpc) is 2.85. The second-order valence-corrected chi connectivity index (χ2v) is 5.37. The smallest absolute Gasteiger partial charge is 0.303 e. The van der Waals surface area contributed by atoms with Crippen molar-refractivity contribution in [3.05, 3.63) is 18.3 Å². The molecule has 0 aromatic carbocycles. The molecule has 0 aliphatic rings. The summed E-state index contributed by atoms with van der Waals surface area (Å²) in [4.78, 5) is 23.0. The highest BCUT2D eigenvalue weighted by Crippen LogP contribution is 2.26. The molecule has 0 amide bonds. The van der Waals surface area contributed by atoms with Gasteiger partial charge in [-0.3, -0.25) is 4.79 Å². The fraction of sp³-hybridized carbons (Fsp3) is 0.462. The molecule has 0 unspecified atom stereocenters. The van der Waals surface area contributed by atoms with E-state index < -0.39 is 11.4 Å². The van der Waals surface area contributed by atoms with Gasteiger partial charge < -0.3 is 14.4 Å². The van der Waals surface area contributed by atoms with Crippen LogP contribution in [-0.2, 0) is 11.2 Å². The number of hydrogen-bond donors (Lipinski definition) is 1. The molecular weight excluding hydrogens is 276 g/mol. The molecule has 0 bridgehead atoms. The highest BCUT2D eigenvalue weighted by molar-refractivity contribution is 5.67. The Hall–Kier alpha value is -2.51. The molecule has 0 atom stereocenters. The largest absolute Gasteiger partial charge is 0.481 e. The fourth-order valence-corrected chi connectivity index (χ4v) is 1.89. The molecule has 0 radical (unpaired) electrons. The van der Waals surface area contributed by atoms with Crippen molar-refractivity contribution in [3.8, 4) is 17.4 Å². The summed E-state index contributed by atoms with van der Waals surface area (Å²) in [6.07, 6.45) is 1.74. The SMILES string of the molecule is COc1cc(-c2noc(CC(C)(C)CC(=O)O)n2)ncn1. The van der Waals surface area contributed by atoms with Crippen LogP contribution in [0, 0.1) is 5.41 Å². The van der Waals surface area contributed by atoms with Crippen molar-refractivity contribution >= 4 is 5.97 Å². The summed E-state index contributed by atoms with van der Waals surface area (Å²) in [5.74, 6) is 0.225. The quantitative estimate of drug-likeness (QED) is 0.854. The number of rotatable bonds is 6. The zero-order valence-electron chi connectivity index (χ0n) is 12.0. The maximum absolute atomic E-state index is 10.8. The van der Waals surface area contributed by atoms with Crippen LogP contribution < -0.4 is 4.74 Å². The molecule has 112 valence electrons. The highest BCUT2D eigenvalue weighted by atomic mass is 16.5. The number of ether oxygens (including phenoxy) is 1. The predicted molar refractivity (Wildman–Crippen MR) is 71.6 cm³/mol. The van der Waals surface area contributed by atoms with Crippen molar-refractivity contribution in [1.82, 2.24) is 20.1 Å². The Balaban J connectivity index is 2.16. The standard InChI is InChI=1S/C13H16N4O4/c1-13(2,6-11(18)19)5-10-16-12(17-21-10)8-4-9(20-3)15-7-14-8/h4,7H,5-6H2,1-3H3,(H,18,19). The van der Waals surface area contributed by atoms with Gasteiger partial charge in [0.1, 0.15) is 12.0 Å². The number of nitrogens with zero attached hydrogens (tertiary/aromatic N) is 4. The maximum Gasteiger partial charge on any atom is 0.303 e. The molecule has 21 heavy (non-hydrogen) atoms. The van der Waals surface area contributed by atoms with Crippen molar-refractivity contribution < 1.29 is 19.2 Å². The lowest BCUT2D eigenvalue weighted by molar-refractivity contribution is -0.139. The number of hydrogen-bond acceptors (Lipinski definition) is 7. The van der Waals surface area contributed by atoms with Gasteiger partial charge in [0.15, 0.2) is 0 Å². The molecule has 8 nitrogen and oxygen atoms in total. The lowest BCUT2D eigenvalue weighted by Gasteiger charge is -2.19. The summed E-state index contributed by atoms with van der Waals surface area (Å²) >= 11 is 0. The van der Waals surface area contributed by atoms with Crippen LogP contribution in [0.1, 0.15) is 26.2 Å². The number of carboxylic acid groups (broad SMARTS) is 1. The molecule has 0 saturated heterocycles. The van der Waals surface area contributed by atoms with Gasteiger partial charge in [-0.15, -0.1) is 0 Å². The number of carboxylic acids is 1. The van der Waals surface area contributed by atoms with Crippen LogP contribution in [0.4, 0.5) is 0 Å². The number of aromatic nitrogens is 4. The second kappa shape index (κ2) is 5.86. The van der Waals surface area contributed by atoms with Crippen molar-refractivity contribution in [3.63, 3.8) is 0 Å². The first kappa shape index (κ1) is 14.9. The van der Waals surface area contributed by atoms with Gasteiger partial charge in [-0.05, 0) is 5.41 Å². The minimum absolute atomic E-state index is 0.0199. The van der Waals surface area contributed by atoms with E-state index >= 15 is 0 Å². The third kappa shape index (κ3) is 3.98. The van der Waals surface area contributed by atoms with Crippen LogP contribution in [0.15, 0.2) is 16.9 Å². The Bertz CT molecular complexity index is 639. The molecule has 2 aromatic rings. The van der Waals surface area contributed by atoms with E-state index in [0.29, 0.717) is 29.7 Å². The molecule has 2 heterocycles. The molecule has 0 fully saturated rings. The second-order valence-electron chi connectivity index (χ2n) is 5.37. The summed E-state index contributed by atoms with van der Waals surface area (Å²) in [6.45, 7) is 3.66. The summed E-state index contributed by atoms with van der Waals surface area (Å²) in [5.41, 5.74) is 0.00631. The normalized spacial score (nSPS) is 11.4. The van der Waals surface area contributed by atoms with Gasteiger partial charge in [0.25, 0.3) is 0 Å². The first-order valence-corrected chi connectivity index (χ1v) is 6.30. The zero-order valence-corrected chi connectivity index (χ0v) is 12.0. The van der Waals surface area contributed by atoms with Crippen molar-refractivity contribution in [2.75, 3.05) is 7.11 Å². The van der Waals surface area contributed by atoms with Crippen LogP contribution in [0.3, 0.4) is 0 Å². The fourth-order valence-electron chi connectivity index (χ4n) is 1.89. The lowest BCUT2D eigenvalue weighted by Crippen LogP contribution is -2.19. The van der Waals surface area contributed by atoms with Crippen LogP contribution in [0.2, 0.25) is 0 Å². The monoisotopic (exact) mass is 292 g/mol. The van der Waals surface area contributed by atoms with E-state index in [1.165, 1.54) is 13.4 Å². The summed E-state index contributed by atoms with van der Waals surface area (Å²) in [7, 11) is 1.50. The third-order valence-corrected chi connectivity index (χ3v) is 2.81. The minimum atomic E-state index is -0.861. The predicted octanol–water partition coefficient (Wildman–Crippen LogP) is 1.58. The average molecular weight is 292 g/mol. The number of methoxy groups -OCH3 is 1. The summed E-state index contributed by atoms with van der Waals surface area (Å²) < 4.78 is 10.2. The van der Waals surface area contributed by atoms with Crippen LogP contribution in [0.5, 0.6) is 5.88 Å². The lowest BCUT2D eigenvalue weighted by atomic mass is 9.86. The van der Waals surface area contributed by atoms with Crippen LogP contribution >= 0.6 is 0 Å².